The molecular formula is C6H15NO2P+. The molecule has 60 valence electrons. The first-order chi connectivity index (χ1) is 4.39. The van der Waals surface area contributed by atoms with Gasteiger partial charge in [-0.25, -0.2) is 9.13 Å². The van der Waals surface area contributed by atoms with E-state index in [9.17, 15) is 9.13 Å². The van der Waals surface area contributed by atoms with Crippen molar-refractivity contribution in [2.24, 2.45) is 0 Å². The van der Waals surface area contributed by atoms with Crippen LogP contribution in [0.3, 0.4) is 0 Å². The molecule has 0 heterocycles. The zero-order valence-electron chi connectivity index (χ0n) is 7.00. The first kappa shape index (κ1) is 9.86. The van der Waals surface area contributed by atoms with Gasteiger partial charge in [-0.15, -0.1) is 0 Å². The fourth-order valence-corrected chi connectivity index (χ4v) is 1.84. The summed E-state index contributed by atoms with van der Waals surface area (Å²) in [6.07, 6.45) is 0.683. The molecule has 0 aromatic rings. The van der Waals surface area contributed by atoms with Gasteiger partial charge in [0.1, 0.15) is 0 Å². The van der Waals surface area contributed by atoms with Gasteiger partial charge < -0.3 is 4.48 Å². The molecule has 0 aliphatic carbocycles. The second-order valence-electron chi connectivity index (χ2n) is 3.29. The van der Waals surface area contributed by atoms with Crippen LogP contribution in [-0.2, 0) is 9.13 Å². The van der Waals surface area contributed by atoms with Gasteiger partial charge in [-0.2, -0.15) is 0 Å². The third-order valence-corrected chi connectivity index (χ3v) is 3.05. The highest BCUT2D eigenvalue weighted by molar-refractivity contribution is 7.31. The van der Waals surface area contributed by atoms with Crippen molar-refractivity contribution in [1.29, 1.82) is 0 Å². The van der Waals surface area contributed by atoms with Crippen LogP contribution in [0.4, 0.5) is 0 Å². The quantitative estimate of drug-likeness (QED) is 0.469. The number of hydrogen-bond donors (Lipinski definition) is 0. The van der Waals surface area contributed by atoms with Crippen molar-refractivity contribution >= 4 is 7.68 Å². The van der Waals surface area contributed by atoms with Crippen LogP contribution in [0.1, 0.15) is 13.3 Å². The van der Waals surface area contributed by atoms with Crippen LogP contribution < -0.4 is 0 Å². The summed E-state index contributed by atoms with van der Waals surface area (Å²) in [5.74, 6) is -0.241. The van der Waals surface area contributed by atoms with E-state index in [1.165, 1.54) is 0 Å². The Morgan fingerprint density at radius 1 is 1.30 bits per heavy atom. The summed E-state index contributed by atoms with van der Waals surface area (Å²) in [6, 6.07) is 0. The molecule has 0 amide bonds. The van der Waals surface area contributed by atoms with Gasteiger partial charge in [0.05, 0.1) is 21.1 Å². The molecule has 0 aliphatic rings. The summed E-state index contributed by atoms with van der Waals surface area (Å²) in [5, 5.41) is 0. The predicted octanol–water partition coefficient (Wildman–Crippen LogP) is 1.60. The maximum Gasteiger partial charge on any atom is 0.375 e. The lowest BCUT2D eigenvalue weighted by molar-refractivity contribution is -0.882. The lowest BCUT2D eigenvalue weighted by Crippen LogP contribution is -2.41. The fraction of sp³-hybridized carbons (Fsp3) is 1.00. The molecule has 0 fully saturated rings. The molecular weight excluding hydrogens is 149 g/mol. The van der Waals surface area contributed by atoms with E-state index in [-0.39, 0.29) is 5.78 Å². The Labute approximate surface area is 62.4 Å². The fourth-order valence-electron chi connectivity index (χ4n) is 0.980. The van der Waals surface area contributed by atoms with Crippen molar-refractivity contribution in [3.8, 4) is 0 Å². The molecule has 0 aromatic heterocycles. The third-order valence-electron chi connectivity index (χ3n) is 1.50. The Kier molecular flexibility index (Phi) is 3.26. The Bertz CT molecular complexity index is 161. The average molecular weight is 164 g/mol. The van der Waals surface area contributed by atoms with Crippen molar-refractivity contribution < 1.29 is 13.6 Å². The highest BCUT2D eigenvalue weighted by Gasteiger charge is 2.26. The van der Waals surface area contributed by atoms with E-state index in [0.717, 1.165) is 0 Å². The first-order valence-corrected chi connectivity index (χ1v) is 4.59. The normalized spacial score (nSPS) is 14.8. The summed E-state index contributed by atoms with van der Waals surface area (Å²) >= 11 is 0. The van der Waals surface area contributed by atoms with Gasteiger partial charge in [0.2, 0.25) is 0 Å². The van der Waals surface area contributed by atoms with Crippen LogP contribution in [0.25, 0.3) is 0 Å². The van der Waals surface area contributed by atoms with Crippen molar-refractivity contribution in [2.45, 2.75) is 19.1 Å². The zero-order valence-corrected chi connectivity index (χ0v) is 7.89. The van der Waals surface area contributed by atoms with Crippen molar-refractivity contribution in [2.75, 3.05) is 21.1 Å². The van der Waals surface area contributed by atoms with Crippen LogP contribution in [0.2, 0.25) is 0 Å². The highest BCUT2D eigenvalue weighted by atomic mass is 31.1. The molecule has 1 atom stereocenters. The molecule has 0 bridgehead atoms. The van der Waals surface area contributed by atoms with Crippen LogP contribution >= 0.6 is 7.68 Å². The van der Waals surface area contributed by atoms with Crippen LogP contribution in [0.5, 0.6) is 0 Å². The molecule has 0 N–H and O–H groups in total. The van der Waals surface area contributed by atoms with Crippen LogP contribution in [0.15, 0.2) is 0 Å². The van der Waals surface area contributed by atoms with Crippen molar-refractivity contribution in [3.05, 3.63) is 0 Å². The summed E-state index contributed by atoms with van der Waals surface area (Å²) in [6.45, 7) is 1.89. The number of quaternary nitrogens is 1. The minimum Gasteiger partial charge on any atom is -0.317 e. The van der Waals surface area contributed by atoms with Crippen LogP contribution in [0, 0.1) is 0 Å². The molecule has 0 spiro atoms. The molecule has 3 nitrogen and oxygen atoms in total. The molecule has 10 heavy (non-hydrogen) atoms. The maximum absolute atomic E-state index is 10.6. The van der Waals surface area contributed by atoms with Crippen molar-refractivity contribution in [3.63, 3.8) is 0 Å². The first-order valence-electron chi connectivity index (χ1n) is 3.34. The second kappa shape index (κ2) is 3.31. The Hall–Kier alpha value is -0.140. The van der Waals surface area contributed by atoms with Gasteiger partial charge in [0.25, 0.3) is 0 Å². The van der Waals surface area contributed by atoms with Crippen molar-refractivity contribution in [1.82, 2.24) is 0 Å². The largest absolute Gasteiger partial charge is 0.375 e. The molecule has 0 saturated heterocycles. The van der Waals surface area contributed by atoms with E-state index >= 15 is 0 Å². The van der Waals surface area contributed by atoms with Gasteiger partial charge in [0.15, 0.2) is 5.78 Å². The molecule has 0 radical (unpaired) electrons. The van der Waals surface area contributed by atoms with E-state index in [2.05, 4.69) is 0 Å². The van der Waals surface area contributed by atoms with E-state index < -0.39 is 7.68 Å². The van der Waals surface area contributed by atoms with E-state index in [4.69, 9.17) is 0 Å². The van der Waals surface area contributed by atoms with Gasteiger partial charge in [-0.1, -0.05) is 6.92 Å². The third kappa shape index (κ3) is 2.63. The second-order valence-corrected chi connectivity index (χ2v) is 4.46. The number of rotatable bonds is 3. The molecule has 0 saturated carbocycles. The van der Waals surface area contributed by atoms with Gasteiger partial charge >= 0.3 is 7.68 Å². The molecule has 0 aromatic carbocycles. The van der Waals surface area contributed by atoms with Gasteiger partial charge in [0, 0.05) is 6.42 Å². The lowest BCUT2D eigenvalue weighted by Gasteiger charge is -2.28. The maximum atomic E-state index is 10.6. The Morgan fingerprint density at radius 2 is 1.70 bits per heavy atom. The Morgan fingerprint density at radius 3 is 1.70 bits per heavy atom. The molecule has 1 unspecified atom stereocenters. The summed E-state index contributed by atoms with van der Waals surface area (Å²) in [7, 11) is 3.38. The standard InChI is InChI=1S/C6H15NO2P/c1-5-6(10(8)9)7(2,3)4/h6H,5H2,1-4H3/q+1. The van der Waals surface area contributed by atoms with Gasteiger partial charge in [-0.05, 0) is 0 Å². The summed E-state index contributed by atoms with van der Waals surface area (Å²) < 4.78 is 21.7. The average Bonchev–Trinajstić information content (AvgIpc) is 1.60. The smallest absolute Gasteiger partial charge is 0.317 e. The minimum absolute atomic E-state index is 0.241. The van der Waals surface area contributed by atoms with E-state index in [1.54, 1.807) is 0 Å². The number of nitrogens with zero attached hydrogens (tertiary/aromatic N) is 1. The lowest BCUT2D eigenvalue weighted by atomic mass is 10.4. The topological polar surface area (TPSA) is 34.1 Å². The van der Waals surface area contributed by atoms with E-state index in [1.807, 2.05) is 28.1 Å². The van der Waals surface area contributed by atoms with Crippen LogP contribution in [-0.4, -0.2) is 31.4 Å². The number of hydrogen-bond acceptors (Lipinski definition) is 2. The zero-order chi connectivity index (χ0) is 8.36. The summed E-state index contributed by atoms with van der Waals surface area (Å²) in [4.78, 5) is 0. The monoisotopic (exact) mass is 164 g/mol. The highest BCUT2D eigenvalue weighted by Crippen LogP contribution is 2.23. The Balaban J connectivity index is 4.37. The predicted molar refractivity (Wildman–Crippen MR) is 40.4 cm³/mol. The molecule has 4 heteroatoms. The van der Waals surface area contributed by atoms with E-state index in [0.29, 0.717) is 10.9 Å². The molecule has 0 aliphatic heterocycles. The SMILES string of the molecule is CCC(P(=O)=O)[N+](C)(C)C. The molecule has 0 rings (SSSR count). The minimum atomic E-state index is -2.28. The summed E-state index contributed by atoms with van der Waals surface area (Å²) in [5.41, 5.74) is 0. The van der Waals surface area contributed by atoms with Gasteiger partial charge in [-0.3, -0.25) is 0 Å².